The van der Waals surface area contributed by atoms with Gasteiger partial charge in [-0.05, 0) is 58.5 Å². The Labute approximate surface area is 122 Å². The van der Waals surface area contributed by atoms with E-state index in [1.807, 2.05) is 0 Å². The van der Waals surface area contributed by atoms with Gasteiger partial charge in [0.25, 0.3) is 0 Å². The standard InChI is InChI=1S/C14H22BrNOS/c1-13(2)4-6-14(17,7-5-13)10-16-9-12-11(15)3-8-18-12/h3,8,16-17H,4-7,9-10H2,1-2H3. The summed E-state index contributed by atoms with van der Waals surface area (Å²) in [5, 5.41) is 16.0. The molecule has 1 aromatic rings. The number of nitrogens with one attached hydrogen (secondary N) is 1. The molecule has 0 atom stereocenters. The first-order valence-electron chi connectivity index (χ1n) is 6.55. The minimum absolute atomic E-state index is 0.406. The first-order valence-corrected chi connectivity index (χ1v) is 8.23. The van der Waals surface area contributed by atoms with E-state index >= 15 is 0 Å². The second-order valence-electron chi connectivity index (χ2n) is 6.18. The van der Waals surface area contributed by atoms with E-state index in [-0.39, 0.29) is 0 Å². The summed E-state index contributed by atoms with van der Waals surface area (Å²) in [7, 11) is 0. The number of thiophene rings is 1. The molecule has 1 fully saturated rings. The molecule has 1 aromatic heterocycles. The molecule has 0 aromatic carbocycles. The summed E-state index contributed by atoms with van der Waals surface area (Å²) >= 11 is 5.27. The Bertz CT molecular complexity index is 392. The van der Waals surface area contributed by atoms with Gasteiger partial charge in [-0.25, -0.2) is 0 Å². The fraction of sp³-hybridized carbons (Fsp3) is 0.714. The molecular weight excluding hydrogens is 310 g/mol. The largest absolute Gasteiger partial charge is 0.389 e. The molecule has 0 bridgehead atoms. The van der Waals surface area contributed by atoms with E-state index < -0.39 is 5.60 Å². The fourth-order valence-electron chi connectivity index (χ4n) is 2.43. The first kappa shape index (κ1) is 14.5. The number of hydrogen-bond acceptors (Lipinski definition) is 3. The third-order valence-electron chi connectivity index (χ3n) is 3.96. The summed E-state index contributed by atoms with van der Waals surface area (Å²) in [5.41, 5.74) is -0.0950. The lowest BCUT2D eigenvalue weighted by molar-refractivity contribution is -0.0244. The van der Waals surface area contributed by atoms with Gasteiger partial charge in [-0.3, -0.25) is 0 Å². The van der Waals surface area contributed by atoms with Crippen LogP contribution in [0.5, 0.6) is 0 Å². The molecule has 4 heteroatoms. The maximum absolute atomic E-state index is 10.5. The van der Waals surface area contributed by atoms with E-state index in [1.54, 1.807) is 11.3 Å². The molecule has 2 nitrogen and oxygen atoms in total. The van der Waals surface area contributed by atoms with Crippen molar-refractivity contribution in [3.8, 4) is 0 Å². The topological polar surface area (TPSA) is 32.3 Å². The molecule has 0 aliphatic heterocycles. The van der Waals surface area contributed by atoms with Crippen molar-refractivity contribution in [3.05, 3.63) is 20.8 Å². The summed E-state index contributed by atoms with van der Waals surface area (Å²) < 4.78 is 1.16. The molecule has 2 rings (SSSR count). The van der Waals surface area contributed by atoms with E-state index in [2.05, 4.69) is 46.5 Å². The van der Waals surface area contributed by atoms with Crippen LogP contribution in [0.15, 0.2) is 15.9 Å². The minimum atomic E-state index is -0.501. The summed E-state index contributed by atoms with van der Waals surface area (Å²) in [6, 6.07) is 2.07. The zero-order chi connectivity index (χ0) is 13.2. The highest BCUT2D eigenvalue weighted by Crippen LogP contribution is 2.39. The van der Waals surface area contributed by atoms with Crippen LogP contribution in [-0.4, -0.2) is 17.3 Å². The Hall–Kier alpha value is 0.100. The van der Waals surface area contributed by atoms with Gasteiger partial charge < -0.3 is 10.4 Å². The average molecular weight is 332 g/mol. The van der Waals surface area contributed by atoms with Crippen LogP contribution in [-0.2, 0) is 6.54 Å². The molecule has 0 amide bonds. The normalized spacial score (nSPS) is 22.0. The van der Waals surface area contributed by atoms with Gasteiger partial charge in [-0.1, -0.05) is 13.8 Å². The van der Waals surface area contributed by atoms with Crippen molar-refractivity contribution in [2.45, 2.75) is 51.7 Å². The Morgan fingerprint density at radius 3 is 2.56 bits per heavy atom. The molecule has 0 radical (unpaired) electrons. The first-order chi connectivity index (χ1) is 8.40. The minimum Gasteiger partial charge on any atom is -0.389 e. The number of rotatable bonds is 4. The van der Waals surface area contributed by atoms with Crippen molar-refractivity contribution >= 4 is 27.3 Å². The van der Waals surface area contributed by atoms with E-state index in [0.29, 0.717) is 12.0 Å². The Morgan fingerprint density at radius 2 is 2.00 bits per heavy atom. The van der Waals surface area contributed by atoms with Crippen LogP contribution in [0.2, 0.25) is 0 Å². The highest BCUT2D eigenvalue weighted by atomic mass is 79.9. The molecule has 0 spiro atoms. The lowest BCUT2D eigenvalue weighted by Crippen LogP contribution is -2.44. The van der Waals surface area contributed by atoms with E-state index in [0.717, 1.165) is 36.7 Å². The number of hydrogen-bond donors (Lipinski definition) is 2. The van der Waals surface area contributed by atoms with Gasteiger partial charge in [0.05, 0.1) is 5.60 Å². The number of halogens is 1. The van der Waals surface area contributed by atoms with Crippen molar-refractivity contribution in [3.63, 3.8) is 0 Å². The summed E-state index contributed by atoms with van der Waals surface area (Å²) in [4.78, 5) is 1.30. The van der Waals surface area contributed by atoms with Gasteiger partial charge in [0.1, 0.15) is 0 Å². The molecule has 1 aliphatic rings. The van der Waals surface area contributed by atoms with Crippen LogP contribution >= 0.6 is 27.3 Å². The van der Waals surface area contributed by atoms with Gasteiger partial charge in [0, 0.05) is 22.4 Å². The van der Waals surface area contributed by atoms with Crippen LogP contribution in [0.1, 0.15) is 44.4 Å². The predicted molar refractivity (Wildman–Crippen MR) is 80.9 cm³/mol. The Balaban J connectivity index is 1.78. The van der Waals surface area contributed by atoms with Crippen LogP contribution in [0.25, 0.3) is 0 Å². The Kier molecular flexibility index (Phi) is 4.52. The predicted octanol–water partition coefficient (Wildman–Crippen LogP) is 3.93. The highest BCUT2D eigenvalue weighted by Gasteiger charge is 2.36. The number of aliphatic hydroxyl groups is 1. The highest BCUT2D eigenvalue weighted by molar-refractivity contribution is 9.10. The van der Waals surface area contributed by atoms with E-state index in [4.69, 9.17) is 0 Å². The van der Waals surface area contributed by atoms with Gasteiger partial charge in [-0.2, -0.15) is 0 Å². The average Bonchev–Trinajstić information content (AvgIpc) is 2.70. The molecular formula is C14H22BrNOS. The molecule has 0 saturated heterocycles. The third-order valence-corrected chi connectivity index (χ3v) is 5.89. The van der Waals surface area contributed by atoms with Gasteiger partial charge >= 0.3 is 0 Å². The molecule has 0 unspecified atom stereocenters. The molecule has 18 heavy (non-hydrogen) atoms. The quantitative estimate of drug-likeness (QED) is 0.876. The Morgan fingerprint density at radius 1 is 1.33 bits per heavy atom. The summed E-state index contributed by atoms with van der Waals surface area (Å²) in [6.07, 6.45) is 4.07. The van der Waals surface area contributed by atoms with Gasteiger partial charge in [0.15, 0.2) is 0 Å². The van der Waals surface area contributed by atoms with E-state index in [1.165, 1.54) is 4.88 Å². The molecule has 102 valence electrons. The van der Waals surface area contributed by atoms with Gasteiger partial charge in [-0.15, -0.1) is 11.3 Å². The fourth-order valence-corrected chi connectivity index (χ4v) is 3.89. The van der Waals surface area contributed by atoms with Crippen molar-refractivity contribution < 1.29 is 5.11 Å². The van der Waals surface area contributed by atoms with Crippen molar-refractivity contribution in [2.24, 2.45) is 5.41 Å². The SMILES string of the molecule is CC1(C)CCC(O)(CNCc2sccc2Br)CC1. The molecule has 1 saturated carbocycles. The third kappa shape index (κ3) is 3.80. The van der Waals surface area contributed by atoms with Crippen LogP contribution < -0.4 is 5.32 Å². The second-order valence-corrected chi connectivity index (χ2v) is 8.04. The van der Waals surface area contributed by atoms with Crippen LogP contribution in [0, 0.1) is 5.41 Å². The maximum Gasteiger partial charge on any atom is 0.0772 e. The molecule has 1 heterocycles. The molecule has 1 aliphatic carbocycles. The van der Waals surface area contributed by atoms with Crippen molar-refractivity contribution in [1.82, 2.24) is 5.32 Å². The monoisotopic (exact) mass is 331 g/mol. The van der Waals surface area contributed by atoms with Crippen LogP contribution in [0.3, 0.4) is 0 Å². The maximum atomic E-state index is 10.5. The van der Waals surface area contributed by atoms with Crippen molar-refractivity contribution in [1.29, 1.82) is 0 Å². The summed E-state index contributed by atoms with van der Waals surface area (Å²) in [6.45, 7) is 6.13. The zero-order valence-corrected chi connectivity index (χ0v) is 13.5. The molecule has 2 N–H and O–H groups in total. The zero-order valence-electron chi connectivity index (χ0n) is 11.1. The van der Waals surface area contributed by atoms with Crippen LogP contribution in [0.4, 0.5) is 0 Å². The lowest BCUT2D eigenvalue weighted by atomic mass is 9.71. The second kappa shape index (κ2) is 5.61. The van der Waals surface area contributed by atoms with Gasteiger partial charge in [0.2, 0.25) is 0 Å². The van der Waals surface area contributed by atoms with Crippen molar-refractivity contribution in [2.75, 3.05) is 6.54 Å². The summed E-state index contributed by atoms with van der Waals surface area (Å²) in [5.74, 6) is 0. The smallest absolute Gasteiger partial charge is 0.0772 e. The lowest BCUT2D eigenvalue weighted by Gasteiger charge is -2.40. The van der Waals surface area contributed by atoms with E-state index in [9.17, 15) is 5.11 Å².